The number of rotatable bonds is 7. The first-order chi connectivity index (χ1) is 17.7. The number of hydrazone groups is 1. The lowest BCUT2D eigenvalue weighted by atomic mass is 10.1. The molecule has 0 spiro atoms. The predicted octanol–water partition coefficient (Wildman–Crippen LogP) is 1.99. The molecule has 196 valence electrons. The fourth-order valence-corrected chi connectivity index (χ4v) is 4.78. The Labute approximate surface area is 216 Å². The second kappa shape index (κ2) is 10.3. The molecule has 0 saturated carbocycles. The summed E-state index contributed by atoms with van der Waals surface area (Å²) in [7, 11) is 0. The third-order valence-corrected chi connectivity index (χ3v) is 6.63. The molecule has 2 aromatic rings. The fourth-order valence-electron chi connectivity index (χ4n) is 4.78. The van der Waals surface area contributed by atoms with Gasteiger partial charge in [-0.2, -0.15) is 5.10 Å². The summed E-state index contributed by atoms with van der Waals surface area (Å²) in [4.78, 5) is 38.5. The number of hydrogen-bond acceptors (Lipinski definition) is 9. The highest BCUT2D eigenvalue weighted by Crippen LogP contribution is 2.26. The molecule has 1 aromatic heterocycles. The Bertz CT molecular complexity index is 1180. The summed E-state index contributed by atoms with van der Waals surface area (Å²) in [5.41, 5.74) is 10.3. The van der Waals surface area contributed by atoms with E-state index in [-0.39, 0.29) is 18.5 Å². The number of hydrogen-bond donors (Lipinski definition) is 3. The predicted molar refractivity (Wildman–Crippen MR) is 139 cm³/mol. The van der Waals surface area contributed by atoms with Crippen LogP contribution < -0.4 is 16.3 Å². The van der Waals surface area contributed by atoms with E-state index in [2.05, 4.69) is 50.6 Å². The zero-order valence-corrected chi connectivity index (χ0v) is 21.6. The summed E-state index contributed by atoms with van der Waals surface area (Å²) >= 11 is 0. The number of carbonyl (C=O) groups is 2. The van der Waals surface area contributed by atoms with E-state index in [4.69, 9.17) is 9.72 Å². The van der Waals surface area contributed by atoms with E-state index in [9.17, 15) is 9.59 Å². The molecule has 0 fully saturated rings. The number of benzene rings is 1. The number of carbonyl (C=O) groups excluding carboxylic acids is 2. The Morgan fingerprint density at radius 2 is 1.92 bits per heavy atom. The van der Waals surface area contributed by atoms with Crippen molar-refractivity contribution >= 4 is 23.7 Å². The number of nitrogens with one attached hydrogen (secondary N) is 3. The SMILES string of the molecule is CC(C)(C)OC(=O)N(CCC1=NNNC1)CC(=O)N1Cc2cnc(NC3Cc4ccccc4C3)nc2C1. The average Bonchev–Trinajstić information content (AvgIpc) is 3.59. The molecule has 0 saturated heterocycles. The van der Waals surface area contributed by atoms with Crippen molar-refractivity contribution in [3.8, 4) is 0 Å². The molecule has 2 aliphatic heterocycles. The molecule has 37 heavy (non-hydrogen) atoms. The molecule has 1 aromatic carbocycles. The zero-order chi connectivity index (χ0) is 26.0. The Hall–Kier alpha value is -3.73. The lowest BCUT2D eigenvalue weighted by Gasteiger charge is -2.28. The summed E-state index contributed by atoms with van der Waals surface area (Å²) in [5.74, 6) is 0.426. The molecule has 0 unspecified atom stereocenters. The monoisotopic (exact) mass is 506 g/mol. The van der Waals surface area contributed by atoms with Gasteiger partial charge in [0.2, 0.25) is 11.9 Å². The Morgan fingerprint density at radius 3 is 2.59 bits per heavy atom. The standard InChI is InChI=1S/C26H34N8O3/c1-26(2,3)37-25(36)33(9-8-20-13-28-32-31-20)16-23(35)34-14-19-12-27-24(30-22(19)15-34)29-21-10-17-6-4-5-7-18(17)11-21/h4-7,12,21,28,32H,8-11,13-16H2,1-3H3,(H,27,29,30). The van der Waals surface area contributed by atoms with Crippen molar-refractivity contribution in [3.05, 3.63) is 52.8 Å². The van der Waals surface area contributed by atoms with Gasteiger partial charge in [0.1, 0.15) is 12.1 Å². The van der Waals surface area contributed by atoms with E-state index in [1.807, 2.05) is 20.8 Å². The van der Waals surface area contributed by atoms with Gasteiger partial charge in [-0.25, -0.2) is 25.7 Å². The first-order valence-corrected chi connectivity index (χ1v) is 12.7. The van der Waals surface area contributed by atoms with E-state index >= 15 is 0 Å². The molecule has 11 heteroatoms. The fraction of sp³-hybridized carbons (Fsp3) is 0.500. The van der Waals surface area contributed by atoms with Gasteiger partial charge in [0.15, 0.2) is 0 Å². The van der Waals surface area contributed by atoms with Crippen LogP contribution in [0.1, 0.15) is 49.6 Å². The topological polar surface area (TPSA) is 124 Å². The summed E-state index contributed by atoms with van der Waals surface area (Å²) in [6, 6.07) is 8.73. The van der Waals surface area contributed by atoms with Crippen molar-refractivity contribution in [1.29, 1.82) is 0 Å². The highest BCUT2D eigenvalue weighted by Gasteiger charge is 2.30. The number of anilines is 1. The van der Waals surface area contributed by atoms with Crippen molar-refractivity contribution in [2.75, 3.05) is 25.0 Å². The third kappa shape index (κ3) is 6.16. The molecule has 0 bridgehead atoms. The Morgan fingerprint density at radius 1 is 1.16 bits per heavy atom. The van der Waals surface area contributed by atoms with Gasteiger partial charge in [-0.3, -0.25) is 9.69 Å². The van der Waals surface area contributed by atoms with Gasteiger partial charge in [0.25, 0.3) is 0 Å². The van der Waals surface area contributed by atoms with Gasteiger partial charge >= 0.3 is 6.09 Å². The number of ether oxygens (including phenoxy) is 1. The summed E-state index contributed by atoms with van der Waals surface area (Å²) in [5, 5.41) is 7.60. The van der Waals surface area contributed by atoms with Crippen LogP contribution in [0.25, 0.3) is 0 Å². The van der Waals surface area contributed by atoms with Crippen molar-refractivity contribution in [3.63, 3.8) is 0 Å². The van der Waals surface area contributed by atoms with Gasteiger partial charge in [0.05, 0.1) is 24.5 Å². The highest BCUT2D eigenvalue weighted by molar-refractivity contribution is 5.88. The molecule has 1 aliphatic carbocycles. The van der Waals surface area contributed by atoms with Crippen LogP contribution in [-0.2, 0) is 35.5 Å². The maximum atomic E-state index is 13.2. The summed E-state index contributed by atoms with van der Waals surface area (Å²) < 4.78 is 5.56. The molecule has 5 rings (SSSR count). The highest BCUT2D eigenvalue weighted by atomic mass is 16.6. The first-order valence-electron chi connectivity index (χ1n) is 12.7. The molecule has 11 nitrogen and oxygen atoms in total. The van der Waals surface area contributed by atoms with Crippen LogP contribution in [0.3, 0.4) is 0 Å². The molecule has 3 heterocycles. The van der Waals surface area contributed by atoms with Gasteiger partial charge < -0.3 is 15.0 Å². The lowest BCUT2D eigenvalue weighted by molar-refractivity contribution is -0.133. The molecular formula is C26H34N8O3. The number of amides is 2. The number of aromatic nitrogens is 2. The van der Waals surface area contributed by atoms with Crippen LogP contribution in [0.15, 0.2) is 35.6 Å². The van der Waals surface area contributed by atoms with E-state index in [1.54, 1.807) is 11.1 Å². The van der Waals surface area contributed by atoms with E-state index < -0.39 is 11.7 Å². The Kier molecular flexibility index (Phi) is 6.96. The van der Waals surface area contributed by atoms with Crippen LogP contribution in [0.2, 0.25) is 0 Å². The summed E-state index contributed by atoms with van der Waals surface area (Å²) in [6.07, 6.45) is 3.71. The second-order valence-electron chi connectivity index (χ2n) is 10.7. The van der Waals surface area contributed by atoms with Gasteiger partial charge in [0, 0.05) is 37.3 Å². The summed E-state index contributed by atoms with van der Waals surface area (Å²) in [6.45, 7) is 7.10. The first kappa shape index (κ1) is 24.9. The minimum atomic E-state index is -0.657. The largest absolute Gasteiger partial charge is 0.444 e. The van der Waals surface area contributed by atoms with E-state index in [1.165, 1.54) is 16.0 Å². The molecule has 0 atom stereocenters. The minimum absolute atomic E-state index is 0.0735. The average molecular weight is 507 g/mol. The van der Waals surface area contributed by atoms with E-state index in [0.29, 0.717) is 38.5 Å². The van der Waals surface area contributed by atoms with Gasteiger partial charge in [-0.05, 0) is 44.7 Å². The maximum Gasteiger partial charge on any atom is 0.410 e. The minimum Gasteiger partial charge on any atom is -0.444 e. The lowest BCUT2D eigenvalue weighted by Crippen LogP contribution is -2.44. The molecule has 3 aliphatic rings. The maximum absolute atomic E-state index is 13.2. The van der Waals surface area contributed by atoms with E-state index in [0.717, 1.165) is 29.8 Å². The van der Waals surface area contributed by atoms with Crippen LogP contribution >= 0.6 is 0 Å². The van der Waals surface area contributed by atoms with Crippen molar-refractivity contribution in [2.24, 2.45) is 5.10 Å². The van der Waals surface area contributed by atoms with Crippen molar-refractivity contribution < 1.29 is 14.3 Å². The third-order valence-electron chi connectivity index (χ3n) is 6.63. The van der Waals surface area contributed by atoms with Crippen molar-refractivity contribution in [1.82, 2.24) is 30.7 Å². The molecule has 2 amide bonds. The number of nitrogens with zero attached hydrogens (tertiary/aromatic N) is 5. The van der Waals surface area contributed by atoms with Gasteiger partial charge in [-0.1, -0.05) is 24.3 Å². The molecular weight excluding hydrogens is 472 g/mol. The van der Waals surface area contributed by atoms with Crippen LogP contribution in [0.5, 0.6) is 0 Å². The van der Waals surface area contributed by atoms with Crippen molar-refractivity contribution in [2.45, 2.75) is 64.8 Å². The smallest absolute Gasteiger partial charge is 0.410 e. The molecule has 0 radical (unpaired) electrons. The van der Waals surface area contributed by atoms with Crippen LogP contribution in [-0.4, -0.2) is 68.8 Å². The zero-order valence-electron chi connectivity index (χ0n) is 21.6. The normalized spacial score (nSPS) is 16.6. The van der Waals surface area contributed by atoms with Crippen LogP contribution in [0, 0.1) is 0 Å². The van der Waals surface area contributed by atoms with Crippen LogP contribution in [0.4, 0.5) is 10.7 Å². The Balaban J connectivity index is 1.19. The quantitative estimate of drug-likeness (QED) is 0.521. The number of fused-ring (bicyclic) bond motifs is 2. The molecule has 3 N–H and O–H groups in total. The second-order valence-corrected chi connectivity index (χ2v) is 10.7. The number of hydrazine groups is 1. The van der Waals surface area contributed by atoms with Gasteiger partial charge in [-0.15, -0.1) is 0 Å².